The number of ether oxygens (including phenoxy) is 1. The SMILES string of the molecule is CC(C)(C)OC[C@H]1C=C[C@@H](n2cnc3c(Cl)ncnc32)C1. The fourth-order valence-electron chi connectivity index (χ4n) is 2.51. The van der Waals surface area contributed by atoms with E-state index in [0.717, 1.165) is 18.7 Å². The number of imidazole rings is 1. The zero-order chi connectivity index (χ0) is 15.0. The quantitative estimate of drug-likeness (QED) is 0.644. The van der Waals surface area contributed by atoms with E-state index in [1.807, 2.05) is 0 Å². The zero-order valence-corrected chi connectivity index (χ0v) is 13.2. The van der Waals surface area contributed by atoms with E-state index in [-0.39, 0.29) is 11.6 Å². The molecule has 5 nitrogen and oxygen atoms in total. The summed E-state index contributed by atoms with van der Waals surface area (Å²) in [7, 11) is 0. The topological polar surface area (TPSA) is 52.8 Å². The highest BCUT2D eigenvalue weighted by Crippen LogP contribution is 2.31. The van der Waals surface area contributed by atoms with Gasteiger partial charge in [-0.15, -0.1) is 0 Å². The molecule has 0 spiro atoms. The van der Waals surface area contributed by atoms with Crippen LogP contribution in [0.1, 0.15) is 33.2 Å². The summed E-state index contributed by atoms with van der Waals surface area (Å²) in [6.07, 6.45) is 8.65. The number of hydrogen-bond donors (Lipinski definition) is 0. The second-order valence-electron chi connectivity index (χ2n) is 6.36. The van der Waals surface area contributed by atoms with Crippen molar-refractivity contribution in [1.82, 2.24) is 19.5 Å². The van der Waals surface area contributed by atoms with Crippen molar-refractivity contribution in [3.63, 3.8) is 0 Å². The molecular weight excluding hydrogens is 288 g/mol. The Morgan fingerprint density at radius 1 is 1.29 bits per heavy atom. The molecule has 1 aliphatic carbocycles. The Labute approximate surface area is 129 Å². The number of rotatable bonds is 3. The van der Waals surface area contributed by atoms with Crippen molar-refractivity contribution < 1.29 is 4.74 Å². The minimum absolute atomic E-state index is 0.103. The standard InChI is InChI=1S/C15H19ClN4O/c1-15(2,3)21-7-10-4-5-11(6-10)20-9-19-12-13(16)17-8-18-14(12)20/h4-5,8-11H,6-7H2,1-3H3/t10-,11+/m0/s1. The monoisotopic (exact) mass is 306 g/mol. The molecule has 6 heteroatoms. The van der Waals surface area contributed by atoms with Crippen molar-refractivity contribution in [2.75, 3.05) is 6.61 Å². The molecule has 0 radical (unpaired) electrons. The van der Waals surface area contributed by atoms with Crippen molar-refractivity contribution in [3.05, 3.63) is 30.0 Å². The van der Waals surface area contributed by atoms with Crippen LogP contribution in [0.3, 0.4) is 0 Å². The van der Waals surface area contributed by atoms with Crippen molar-refractivity contribution in [2.24, 2.45) is 5.92 Å². The lowest BCUT2D eigenvalue weighted by atomic mass is 10.1. The third-order valence-electron chi connectivity index (χ3n) is 3.55. The van der Waals surface area contributed by atoms with Gasteiger partial charge in [0, 0.05) is 5.92 Å². The van der Waals surface area contributed by atoms with Crippen LogP contribution in [-0.2, 0) is 4.74 Å². The van der Waals surface area contributed by atoms with Gasteiger partial charge < -0.3 is 9.30 Å². The van der Waals surface area contributed by atoms with E-state index < -0.39 is 0 Å². The van der Waals surface area contributed by atoms with E-state index in [1.54, 1.807) is 6.33 Å². The first-order valence-corrected chi connectivity index (χ1v) is 7.47. The van der Waals surface area contributed by atoms with Crippen LogP contribution in [0.15, 0.2) is 24.8 Å². The maximum atomic E-state index is 6.04. The summed E-state index contributed by atoms with van der Waals surface area (Å²) in [6.45, 7) is 6.96. The zero-order valence-electron chi connectivity index (χ0n) is 12.5. The van der Waals surface area contributed by atoms with Crippen molar-refractivity contribution in [2.45, 2.75) is 38.8 Å². The van der Waals surface area contributed by atoms with Gasteiger partial charge in [0.1, 0.15) is 11.8 Å². The number of aromatic nitrogens is 4. The van der Waals surface area contributed by atoms with Crippen molar-refractivity contribution >= 4 is 22.8 Å². The fraction of sp³-hybridized carbons (Fsp3) is 0.533. The molecule has 0 aliphatic heterocycles. The lowest BCUT2D eigenvalue weighted by Crippen LogP contribution is -2.22. The van der Waals surface area contributed by atoms with E-state index in [0.29, 0.717) is 16.6 Å². The predicted molar refractivity (Wildman–Crippen MR) is 82.3 cm³/mol. The van der Waals surface area contributed by atoms with E-state index in [4.69, 9.17) is 16.3 Å². The van der Waals surface area contributed by atoms with Gasteiger partial charge in [-0.25, -0.2) is 15.0 Å². The molecule has 0 unspecified atom stereocenters. The van der Waals surface area contributed by atoms with Crippen LogP contribution in [0.4, 0.5) is 0 Å². The van der Waals surface area contributed by atoms with Gasteiger partial charge in [0.15, 0.2) is 10.8 Å². The molecule has 0 N–H and O–H groups in total. The molecule has 0 aromatic carbocycles. The summed E-state index contributed by atoms with van der Waals surface area (Å²) < 4.78 is 7.91. The molecule has 21 heavy (non-hydrogen) atoms. The average Bonchev–Trinajstić information content (AvgIpc) is 3.02. The average molecular weight is 307 g/mol. The molecule has 0 amide bonds. The number of allylic oxidation sites excluding steroid dienone is 1. The molecule has 0 fully saturated rings. The van der Waals surface area contributed by atoms with Crippen LogP contribution in [0.2, 0.25) is 5.15 Å². The third-order valence-corrected chi connectivity index (χ3v) is 3.83. The first-order valence-electron chi connectivity index (χ1n) is 7.09. The molecule has 0 saturated heterocycles. The molecule has 3 rings (SSSR count). The molecule has 2 atom stereocenters. The fourth-order valence-corrected chi connectivity index (χ4v) is 2.68. The Kier molecular flexibility index (Phi) is 3.71. The lowest BCUT2D eigenvalue weighted by Gasteiger charge is -2.22. The van der Waals surface area contributed by atoms with Crippen LogP contribution in [0.25, 0.3) is 11.2 Å². The number of nitrogens with zero attached hydrogens (tertiary/aromatic N) is 4. The number of fused-ring (bicyclic) bond motifs is 1. The summed E-state index contributed by atoms with van der Waals surface area (Å²) in [5.74, 6) is 0.420. The van der Waals surface area contributed by atoms with E-state index in [1.165, 1.54) is 6.33 Å². The van der Waals surface area contributed by atoms with Crippen LogP contribution >= 0.6 is 11.6 Å². The summed E-state index contributed by atoms with van der Waals surface area (Å²) in [4.78, 5) is 12.6. The Balaban J connectivity index is 1.74. The van der Waals surface area contributed by atoms with Gasteiger partial charge in [-0.3, -0.25) is 0 Å². The highest BCUT2D eigenvalue weighted by Gasteiger charge is 2.24. The van der Waals surface area contributed by atoms with E-state index >= 15 is 0 Å². The van der Waals surface area contributed by atoms with E-state index in [2.05, 4.69) is 52.4 Å². The summed E-state index contributed by atoms with van der Waals surface area (Å²) in [5.41, 5.74) is 1.33. The molecule has 2 aromatic rings. The highest BCUT2D eigenvalue weighted by atomic mass is 35.5. The second kappa shape index (κ2) is 5.39. The first kappa shape index (κ1) is 14.5. The molecule has 0 saturated carbocycles. The van der Waals surface area contributed by atoms with Crippen LogP contribution in [0, 0.1) is 5.92 Å². The lowest BCUT2D eigenvalue weighted by molar-refractivity contribution is -0.0160. The predicted octanol–water partition coefficient (Wildman–Crippen LogP) is 3.41. The largest absolute Gasteiger partial charge is 0.375 e. The van der Waals surface area contributed by atoms with Gasteiger partial charge in [-0.2, -0.15) is 0 Å². The maximum Gasteiger partial charge on any atom is 0.165 e. The Bertz CT molecular complexity index is 674. The Hall–Kier alpha value is -1.46. The van der Waals surface area contributed by atoms with Crippen LogP contribution in [0.5, 0.6) is 0 Å². The van der Waals surface area contributed by atoms with Crippen LogP contribution in [-0.4, -0.2) is 31.7 Å². The summed E-state index contributed by atoms with van der Waals surface area (Å²) in [5, 5.41) is 0.397. The summed E-state index contributed by atoms with van der Waals surface area (Å²) >= 11 is 6.04. The smallest absolute Gasteiger partial charge is 0.165 e. The van der Waals surface area contributed by atoms with Gasteiger partial charge in [0.2, 0.25) is 0 Å². The minimum Gasteiger partial charge on any atom is -0.375 e. The van der Waals surface area contributed by atoms with Crippen molar-refractivity contribution in [1.29, 1.82) is 0 Å². The van der Waals surface area contributed by atoms with Gasteiger partial charge in [0.25, 0.3) is 0 Å². The second-order valence-corrected chi connectivity index (χ2v) is 6.72. The first-order chi connectivity index (χ1) is 9.94. The van der Waals surface area contributed by atoms with Crippen molar-refractivity contribution in [3.8, 4) is 0 Å². The summed E-state index contributed by atoms with van der Waals surface area (Å²) in [6, 6.07) is 0.245. The number of halogens is 1. The molecule has 1 aliphatic rings. The maximum absolute atomic E-state index is 6.04. The third kappa shape index (κ3) is 3.09. The molecular formula is C15H19ClN4O. The minimum atomic E-state index is -0.103. The molecule has 2 aromatic heterocycles. The molecule has 112 valence electrons. The van der Waals surface area contributed by atoms with Crippen LogP contribution < -0.4 is 0 Å². The van der Waals surface area contributed by atoms with Gasteiger partial charge in [-0.05, 0) is 27.2 Å². The molecule has 2 heterocycles. The molecule has 0 bridgehead atoms. The van der Waals surface area contributed by atoms with Gasteiger partial charge in [-0.1, -0.05) is 23.8 Å². The number of hydrogen-bond acceptors (Lipinski definition) is 4. The normalized spacial score (nSPS) is 22.3. The Morgan fingerprint density at radius 3 is 2.86 bits per heavy atom. The van der Waals surface area contributed by atoms with Gasteiger partial charge >= 0.3 is 0 Å². The van der Waals surface area contributed by atoms with Gasteiger partial charge in [0.05, 0.1) is 24.6 Å². The highest BCUT2D eigenvalue weighted by molar-refractivity contribution is 6.33. The van der Waals surface area contributed by atoms with E-state index in [9.17, 15) is 0 Å². The Morgan fingerprint density at radius 2 is 2.10 bits per heavy atom.